The lowest BCUT2D eigenvalue weighted by atomic mass is 9.86. The van der Waals surface area contributed by atoms with Crippen LogP contribution in [0.25, 0.3) is 0 Å². The topological polar surface area (TPSA) is 87.6 Å². The van der Waals surface area contributed by atoms with Gasteiger partial charge in [-0.15, -0.1) is 0 Å². The Morgan fingerprint density at radius 1 is 1.33 bits per heavy atom. The van der Waals surface area contributed by atoms with Crippen LogP contribution in [0.2, 0.25) is 0 Å². The molecule has 0 saturated carbocycles. The fraction of sp³-hybridized carbons (Fsp3) is 0.467. The number of amides is 2. The zero-order chi connectivity index (χ0) is 15.8. The Kier molecular flexibility index (Phi) is 3.80. The van der Waals surface area contributed by atoms with Gasteiger partial charge >= 0.3 is 5.97 Å². The number of nitrogens with zero attached hydrogens (tertiary/aromatic N) is 2. The fourth-order valence-corrected chi connectivity index (χ4v) is 2.58. The van der Waals surface area contributed by atoms with Crippen molar-refractivity contribution in [2.24, 2.45) is 5.41 Å². The van der Waals surface area contributed by atoms with Crippen LogP contribution in [0.3, 0.4) is 0 Å². The van der Waals surface area contributed by atoms with Crippen LogP contribution in [-0.4, -0.2) is 38.8 Å². The number of aromatic nitrogens is 1. The largest absolute Gasteiger partial charge is 0.481 e. The minimum Gasteiger partial charge on any atom is -0.481 e. The molecular formula is C15H18N2O4. The molecule has 0 radical (unpaired) electrons. The van der Waals surface area contributed by atoms with E-state index in [0.29, 0.717) is 6.42 Å². The normalized spacial score (nSPS) is 16.0. The summed E-state index contributed by atoms with van der Waals surface area (Å²) >= 11 is 0. The molecule has 21 heavy (non-hydrogen) atoms. The van der Waals surface area contributed by atoms with Gasteiger partial charge in [0, 0.05) is 6.20 Å². The second-order valence-corrected chi connectivity index (χ2v) is 6.40. The molecule has 1 aromatic rings. The molecule has 1 unspecified atom stereocenters. The number of fused-ring (bicyclic) bond motifs is 1. The summed E-state index contributed by atoms with van der Waals surface area (Å²) in [5.41, 5.74) is 0.140. The summed E-state index contributed by atoms with van der Waals surface area (Å²) in [5.74, 6) is -2.00. The average Bonchev–Trinajstić information content (AvgIpc) is 2.59. The van der Waals surface area contributed by atoms with Crippen LogP contribution in [0, 0.1) is 5.41 Å². The summed E-state index contributed by atoms with van der Waals surface area (Å²) in [5, 5.41) is 9.07. The van der Waals surface area contributed by atoms with Gasteiger partial charge in [0.1, 0.15) is 5.69 Å². The molecule has 112 valence electrons. The van der Waals surface area contributed by atoms with Crippen molar-refractivity contribution in [2.75, 3.05) is 0 Å². The lowest BCUT2D eigenvalue weighted by molar-refractivity contribution is -0.138. The van der Waals surface area contributed by atoms with E-state index in [1.807, 2.05) is 20.8 Å². The van der Waals surface area contributed by atoms with Crippen LogP contribution in [-0.2, 0) is 4.79 Å². The van der Waals surface area contributed by atoms with E-state index >= 15 is 0 Å². The monoisotopic (exact) mass is 290 g/mol. The van der Waals surface area contributed by atoms with Crippen molar-refractivity contribution in [1.82, 2.24) is 9.88 Å². The summed E-state index contributed by atoms with van der Waals surface area (Å²) < 4.78 is 0. The maximum absolute atomic E-state index is 12.4. The summed E-state index contributed by atoms with van der Waals surface area (Å²) in [6.45, 7) is 5.83. The molecule has 0 saturated heterocycles. The molecular weight excluding hydrogens is 272 g/mol. The van der Waals surface area contributed by atoms with Crippen LogP contribution in [0.4, 0.5) is 0 Å². The zero-order valence-electron chi connectivity index (χ0n) is 12.3. The van der Waals surface area contributed by atoms with E-state index in [9.17, 15) is 14.4 Å². The van der Waals surface area contributed by atoms with Crippen molar-refractivity contribution in [3.8, 4) is 0 Å². The van der Waals surface area contributed by atoms with Crippen LogP contribution in [0.15, 0.2) is 18.3 Å². The Bertz CT molecular complexity index is 569. The minimum atomic E-state index is -1.03. The number of carbonyl (C=O) groups is 3. The van der Waals surface area contributed by atoms with Gasteiger partial charge in [-0.25, -0.2) is 0 Å². The highest BCUT2D eigenvalue weighted by atomic mass is 16.4. The number of rotatable bonds is 4. The van der Waals surface area contributed by atoms with Gasteiger partial charge in [-0.1, -0.05) is 20.8 Å². The van der Waals surface area contributed by atoms with E-state index in [1.165, 1.54) is 12.3 Å². The molecule has 6 heteroatoms. The third kappa shape index (κ3) is 3.09. The lowest BCUT2D eigenvalue weighted by Gasteiger charge is -2.30. The third-order valence-corrected chi connectivity index (χ3v) is 3.30. The predicted molar refractivity (Wildman–Crippen MR) is 74.8 cm³/mol. The summed E-state index contributed by atoms with van der Waals surface area (Å²) in [4.78, 5) is 40.8. The van der Waals surface area contributed by atoms with Crippen LogP contribution in [0.1, 0.15) is 54.5 Å². The van der Waals surface area contributed by atoms with E-state index in [2.05, 4.69) is 4.98 Å². The van der Waals surface area contributed by atoms with Gasteiger partial charge in [0.25, 0.3) is 11.8 Å². The number of aliphatic carboxylic acids is 1. The van der Waals surface area contributed by atoms with E-state index < -0.39 is 23.8 Å². The molecule has 1 aromatic heterocycles. The second-order valence-electron chi connectivity index (χ2n) is 6.40. The molecule has 2 amide bonds. The van der Waals surface area contributed by atoms with Gasteiger partial charge in [-0.2, -0.15) is 0 Å². The molecule has 0 bridgehead atoms. The molecule has 2 heterocycles. The van der Waals surface area contributed by atoms with Gasteiger partial charge < -0.3 is 5.11 Å². The average molecular weight is 290 g/mol. The molecule has 0 fully saturated rings. The highest BCUT2D eigenvalue weighted by Crippen LogP contribution is 2.30. The number of carboxylic acids is 1. The number of hydrogen-bond acceptors (Lipinski definition) is 4. The third-order valence-electron chi connectivity index (χ3n) is 3.30. The van der Waals surface area contributed by atoms with Crippen LogP contribution < -0.4 is 0 Å². The van der Waals surface area contributed by atoms with Crippen molar-refractivity contribution in [1.29, 1.82) is 0 Å². The SMILES string of the molecule is CC(C)(C)CC(CC(=O)O)N1C(=O)c2cccnc2C1=O. The molecule has 0 spiro atoms. The molecule has 1 aliphatic rings. The summed E-state index contributed by atoms with van der Waals surface area (Å²) in [6, 6.07) is 2.46. The van der Waals surface area contributed by atoms with E-state index in [-0.39, 0.29) is 23.1 Å². The first kappa shape index (κ1) is 15.2. The molecule has 6 nitrogen and oxygen atoms in total. The van der Waals surface area contributed by atoms with Crippen LogP contribution in [0.5, 0.6) is 0 Å². The van der Waals surface area contributed by atoms with Gasteiger partial charge in [0.05, 0.1) is 18.0 Å². The summed E-state index contributed by atoms with van der Waals surface area (Å²) in [6.07, 6.45) is 1.61. The molecule has 0 aromatic carbocycles. The molecule has 1 atom stereocenters. The number of hydrogen-bond donors (Lipinski definition) is 1. The van der Waals surface area contributed by atoms with Crippen molar-refractivity contribution in [3.63, 3.8) is 0 Å². The highest BCUT2D eigenvalue weighted by Gasteiger charge is 2.42. The van der Waals surface area contributed by atoms with Crippen molar-refractivity contribution < 1.29 is 19.5 Å². The van der Waals surface area contributed by atoms with E-state index in [0.717, 1.165) is 4.90 Å². The fourth-order valence-electron chi connectivity index (χ4n) is 2.58. The smallest absolute Gasteiger partial charge is 0.305 e. The van der Waals surface area contributed by atoms with Gasteiger partial charge in [-0.3, -0.25) is 24.3 Å². The maximum atomic E-state index is 12.4. The number of carbonyl (C=O) groups excluding carboxylic acids is 2. The van der Waals surface area contributed by atoms with Gasteiger partial charge in [-0.05, 0) is 24.0 Å². The maximum Gasteiger partial charge on any atom is 0.305 e. The number of pyridine rings is 1. The first-order chi connectivity index (χ1) is 9.70. The van der Waals surface area contributed by atoms with Gasteiger partial charge in [0.2, 0.25) is 0 Å². The Morgan fingerprint density at radius 2 is 2.00 bits per heavy atom. The predicted octanol–water partition coefficient (Wildman–Crippen LogP) is 1.96. The summed E-state index contributed by atoms with van der Waals surface area (Å²) in [7, 11) is 0. The molecule has 1 N–H and O–H groups in total. The zero-order valence-corrected chi connectivity index (χ0v) is 12.3. The van der Waals surface area contributed by atoms with Crippen molar-refractivity contribution in [2.45, 2.75) is 39.7 Å². The Labute approximate surface area is 122 Å². The van der Waals surface area contributed by atoms with Crippen molar-refractivity contribution >= 4 is 17.8 Å². The van der Waals surface area contributed by atoms with Crippen LogP contribution >= 0.6 is 0 Å². The Balaban J connectivity index is 2.36. The Hall–Kier alpha value is -2.24. The quantitative estimate of drug-likeness (QED) is 0.856. The molecule has 1 aliphatic heterocycles. The first-order valence-electron chi connectivity index (χ1n) is 6.75. The first-order valence-corrected chi connectivity index (χ1v) is 6.75. The highest BCUT2D eigenvalue weighted by molar-refractivity contribution is 6.20. The van der Waals surface area contributed by atoms with Gasteiger partial charge in [0.15, 0.2) is 0 Å². The van der Waals surface area contributed by atoms with E-state index in [1.54, 1.807) is 6.07 Å². The van der Waals surface area contributed by atoms with E-state index in [4.69, 9.17) is 5.11 Å². The standard InChI is InChI=1S/C15H18N2O4/c1-15(2,3)8-9(7-11(18)19)17-13(20)10-5-4-6-16-12(10)14(17)21/h4-6,9H,7-8H2,1-3H3,(H,18,19). The minimum absolute atomic E-state index is 0.104. The van der Waals surface area contributed by atoms with Crippen molar-refractivity contribution in [3.05, 3.63) is 29.6 Å². The second kappa shape index (κ2) is 5.27. The molecule has 2 rings (SSSR count). The Morgan fingerprint density at radius 3 is 2.52 bits per heavy atom. The number of carboxylic acid groups (broad SMARTS) is 1. The lowest BCUT2D eigenvalue weighted by Crippen LogP contribution is -2.43. The number of imide groups is 1. The molecule has 0 aliphatic carbocycles.